The molecule has 0 saturated heterocycles. The Bertz CT molecular complexity index is 619. The fourth-order valence-corrected chi connectivity index (χ4v) is 2.45. The van der Waals surface area contributed by atoms with Crippen molar-refractivity contribution in [2.45, 2.75) is 20.1 Å². The summed E-state index contributed by atoms with van der Waals surface area (Å²) >= 11 is 0. The molecule has 0 aromatic heterocycles. The van der Waals surface area contributed by atoms with Crippen LogP contribution in [-0.2, 0) is 17.9 Å². The van der Waals surface area contributed by atoms with E-state index in [-0.39, 0.29) is 5.91 Å². The van der Waals surface area contributed by atoms with Gasteiger partial charge >= 0.3 is 0 Å². The highest BCUT2D eigenvalue weighted by Crippen LogP contribution is 2.28. The number of hydrogen-bond donors (Lipinski definition) is 0. The van der Waals surface area contributed by atoms with Crippen LogP contribution in [0.2, 0.25) is 0 Å². The van der Waals surface area contributed by atoms with Gasteiger partial charge in [0.2, 0.25) is 0 Å². The molecule has 0 atom stereocenters. The van der Waals surface area contributed by atoms with Gasteiger partial charge in [0.05, 0.1) is 13.2 Å². The Kier molecular flexibility index (Phi) is 3.52. The zero-order chi connectivity index (χ0) is 13.9. The molecular formula is C17H17NO2. The third-order valence-corrected chi connectivity index (χ3v) is 3.54. The van der Waals surface area contributed by atoms with Crippen molar-refractivity contribution in [2.24, 2.45) is 0 Å². The minimum Gasteiger partial charge on any atom is -0.377 e. The predicted molar refractivity (Wildman–Crippen MR) is 78.7 cm³/mol. The lowest BCUT2D eigenvalue weighted by Crippen LogP contribution is -2.22. The molecule has 1 heterocycles. The first-order valence-electron chi connectivity index (χ1n) is 6.86. The maximum atomic E-state index is 12.4. The van der Waals surface area contributed by atoms with E-state index in [1.165, 1.54) is 0 Å². The molecule has 20 heavy (non-hydrogen) atoms. The van der Waals surface area contributed by atoms with Gasteiger partial charge in [-0.05, 0) is 36.2 Å². The third kappa shape index (κ3) is 2.32. The Morgan fingerprint density at radius 1 is 1.10 bits per heavy atom. The minimum atomic E-state index is 0.0816. The highest BCUT2D eigenvalue weighted by molar-refractivity contribution is 6.09. The van der Waals surface area contributed by atoms with Gasteiger partial charge in [0.1, 0.15) is 0 Å². The topological polar surface area (TPSA) is 29.5 Å². The van der Waals surface area contributed by atoms with Crippen LogP contribution in [-0.4, -0.2) is 12.5 Å². The van der Waals surface area contributed by atoms with Crippen LogP contribution >= 0.6 is 0 Å². The van der Waals surface area contributed by atoms with E-state index >= 15 is 0 Å². The summed E-state index contributed by atoms with van der Waals surface area (Å²) in [4.78, 5) is 14.2. The monoisotopic (exact) mass is 267 g/mol. The van der Waals surface area contributed by atoms with Gasteiger partial charge < -0.3 is 9.64 Å². The van der Waals surface area contributed by atoms with Gasteiger partial charge in [-0.2, -0.15) is 0 Å². The van der Waals surface area contributed by atoms with Crippen LogP contribution in [0.5, 0.6) is 0 Å². The number of amides is 1. The van der Waals surface area contributed by atoms with Crippen molar-refractivity contribution in [1.29, 1.82) is 0 Å². The van der Waals surface area contributed by atoms with Crippen LogP contribution in [0.4, 0.5) is 5.69 Å². The van der Waals surface area contributed by atoms with Crippen molar-refractivity contribution in [3.05, 3.63) is 65.2 Å². The summed E-state index contributed by atoms with van der Waals surface area (Å²) in [7, 11) is 0. The molecule has 0 saturated carbocycles. The van der Waals surface area contributed by atoms with E-state index in [9.17, 15) is 4.79 Å². The zero-order valence-corrected chi connectivity index (χ0v) is 11.5. The fourth-order valence-electron chi connectivity index (χ4n) is 2.45. The molecule has 0 unspecified atom stereocenters. The quantitative estimate of drug-likeness (QED) is 0.850. The first-order chi connectivity index (χ1) is 9.79. The molecule has 0 radical (unpaired) electrons. The van der Waals surface area contributed by atoms with Gasteiger partial charge in [0.15, 0.2) is 0 Å². The Morgan fingerprint density at radius 2 is 1.85 bits per heavy atom. The van der Waals surface area contributed by atoms with E-state index < -0.39 is 0 Å². The number of anilines is 1. The molecule has 0 spiro atoms. The molecule has 1 aliphatic rings. The molecule has 1 amide bonds. The van der Waals surface area contributed by atoms with Crippen LogP contribution in [0.15, 0.2) is 48.5 Å². The van der Waals surface area contributed by atoms with E-state index in [1.807, 2.05) is 60.4 Å². The van der Waals surface area contributed by atoms with Crippen LogP contribution < -0.4 is 4.90 Å². The second kappa shape index (κ2) is 5.47. The second-order valence-electron chi connectivity index (χ2n) is 4.85. The van der Waals surface area contributed by atoms with Gasteiger partial charge in [-0.15, -0.1) is 0 Å². The highest BCUT2D eigenvalue weighted by atomic mass is 16.5. The number of hydrogen-bond acceptors (Lipinski definition) is 2. The molecule has 2 aromatic carbocycles. The maximum absolute atomic E-state index is 12.4. The summed E-state index contributed by atoms with van der Waals surface area (Å²) in [6, 6.07) is 15.8. The van der Waals surface area contributed by atoms with Gasteiger partial charge in [-0.1, -0.05) is 30.3 Å². The van der Waals surface area contributed by atoms with Gasteiger partial charge in [0, 0.05) is 17.9 Å². The molecule has 3 rings (SSSR count). The summed E-state index contributed by atoms with van der Waals surface area (Å²) in [6.07, 6.45) is 0. The average Bonchev–Trinajstić information content (AvgIpc) is 2.83. The van der Waals surface area contributed by atoms with E-state index in [4.69, 9.17) is 4.74 Å². The second-order valence-corrected chi connectivity index (χ2v) is 4.85. The lowest BCUT2D eigenvalue weighted by molar-refractivity contribution is 0.0996. The van der Waals surface area contributed by atoms with Crippen LogP contribution in [0.1, 0.15) is 28.4 Å². The number of rotatable bonds is 4. The van der Waals surface area contributed by atoms with Gasteiger partial charge in [-0.25, -0.2) is 0 Å². The number of carbonyl (C=O) groups is 1. The Hall–Kier alpha value is -2.13. The van der Waals surface area contributed by atoms with E-state index in [2.05, 4.69) is 0 Å². The van der Waals surface area contributed by atoms with Crippen LogP contribution in [0.25, 0.3) is 0 Å². The summed E-state index contributed by atoms with van der Waals surface area (Å²) in [5.41, 5.74) is 3.97. The highest BCUT2D eigenvalue weighted by Gasteiger charge is 2.27. The summed E-state index contributed by atoms with van der Waals surface area (Å²) in [5.74, 6) is 0.0816. The molecule has 2 aromatic rings. The summed E-state index contributed by atoms with van der Waals surface area (Å²) < 4.78 is 5.38. The third-order valence-electron chi connectivity index (χ3n) is 3.54. The molecule has 0 fully saturated rings. The number of ether oxygens (including phenoxy) is 1. The first-order valence-corrected chi connectivity index (χ1v) is 6.86. The van der Waals surface area contributed by atoms with Crippen LogP contribution in [0.3, 0.4) is 0 Å². The Balaban J connectivity index is 1.80. The van der Waals surface area contributed by atoms with Crippen molar-refractivity contribution >= 4 is 11.6 Å². The molecule has 0 aliphatic carbocycles. The molecule has 3 nitrogen and oxygen atoms in total. The largest absolute Gasteiger partial charge is 0.377 e. The van der Waals surface area contributed by atoms with E-state index in [0.717, 1.165) is 22.4 Å². The first kappa shape index (κ1) is 12.9. The average molecular weight is 267 g/mol. The lowest BCUT2D eigenvalue weighted by atomic mass is 10.1. The molecule has 1 aliphatic heterocycles. The van der Waals surface area contributed by atoms with Crippen LogP contribution in [0, 0.1) is 0 Å². The minimum absolute atomic E-state index is 0.0816. The van der Waals surface area contributed by atoms with Gasteiger partial charge in [0.25, 0.3) is 5.91 Å². The fraction of sp³-hybridized carbons (Fsp3) is 0.235. The molecule has 0 N–H and O–H groups in total. The van der Waals surface area contributed by atoms with E-state index in [0.29, 0.717) is 19.8 Å². The maximum Gasteiger partial charge on any atom is 0.258 e. The lowest BCUT2D eigenvalue weighted by Gasteiger charge is -2.16. The zero-order valence-electron chi connectivity index (χ0n) is 11.5. The molecule has 3 heteroatoms. The molecular weight excluding hydrogens is 250 g/mol. The van der Waals surface area contributed by atoms with E-state index in [1.54, 1.807) is 0 Å². The van der Waals surface area contributed by atoms with Crippen molar-refractivity contribution in [2.75, 3.05) is 11.5 Å². The van der Waals surface area contributed by atoms with Crippen molar-refractivity contribution in [3.63, 3.8) is 0 Å². The summed E-state index contributed by atoms with van der Waals surface area (Å²) in [5, 5.41) is 0. The van der Waals surface area contributed by atoms with Crippen molar-refractivity contribution in [1.82, 2.24) is 0 Å². The van der Waals surface area contributed by atoms with Gasteiger partial charge in [-0.3, -0.25) is 4.79 Å². The SMILES string of the molecule is CCOCc1ccc(N2Cc3ccccc3C2=O)cc1. The predicted octanol–water partition coefficient (Wildman–Crippen LogP) is 3.38. The summed E-state index contributed by atoms with van der Waals surface area (Å²) in [6.45, 7) is 3.96. The smallest absolute Gasteiger partial charge is 0.258 e. The Labute approximate surface area is 118 Å². The standard InChI is InChI=1S/C17H17NO2/c1-2-20-12-13-7-9-15(10-8-13)18-11-14-5-3-4-6-16(14)17(18)19/h3-10H,2,11-12H2,1H3. The number of fused-ring (bicyclic) bond motifs is 1. The molecule has 0 bridgehead atoms. The number of nitrogens with zero attached hydrogens (tertiary/aromatic N) is 1. The normalized spacial score (nSPS) is 13.7. The van der Waals surface area contributed by atoms with Crippen molar-refractivity contribution in [3.8, 4) is 0 Å². The Morgan fingerprint density at radius 3 is 2.55 bits per heavy atom. The van der Waals surface area contributed by atoms with Crippen molar-refractivity contribution < 1.29 is 9.53 Å². The molecule has 102 valence electrons. The number of carbonyl (C=O) groups excluding carboxylic acids is 1. The number of benzene rings is 2.